The fourth-order valence-electron chi connectivity index (χ4n) is 5.64. The van der Waals surface area contributed by atoms with Crippen LogP contribution >= 0.6 is 0 Å². The minimum Gasteiger partial charge on any atom is -0.449 e. The average Bonchev–Trinajstić information content (AvgIpc) is 3.11. The van der Waals surface area contributed by atoms with Crippen molar-refractivity contribution in [3.05, 3.63) is 101 Å². The standard InChI is InChI=1S/C30H32N2O3/c1-21-11-13-23(14-12-21)29(33)26-9-5-6-10-28(26)31-30(34)35-20-27-24-15-16-25(27)19-32(18-24)17-22-7-3-2-4-8-22/h2-14,24-25,27H,15-20H2,1H3,(H,31,34). The van der Waals surface area contributed by atoms with Crippen molar-refractivity contribution in [3.8, 4) is 0 Å². The first-order valence-electron chi connectivity index (χ1n) is 12.5. The van der Waals surface area contributed by atoms with Crippen LogP contribution in [0.3, 0.4) is 0 Å². The minimum atomic E-state index is -0.500. The lowest BCUT2D eigenvalue weighted by atomic mass is 9.85. The minimum absolute atomic E-state index is 0.121. The molecule has 2 aliphatic rings. The number of nitrogens with one attached hydrogen (secondary N) is 1. The smallest absolute Gasteiger partial charge is 0.411 e. The zero-order chi connectivity index (χ0) is 24.2. The van der Waals surface area contributed by atoms with Gasteiger partial charge in [-0.3, -0.25) is 15.0 Å². The number of carbonyl (C=O) groups is 2. The van der Waals surface area contributed by atoms with Crippen LogP contribution < -0.4 is 5.32 Å². The Morgan fingerprint density at radius 1 is 0.886 bits per heavy atom. The van der Waals surface area contributed by atoms with Crippen molar-refractivity contribution in [2.45, 2.75) is 26.3 Å². The van der Waals surface area contributed by atoms with Gasteiger partial charge in [0.1, 0.15) is 0 Å². The molecule has 2 bridgehead atoms. The van der Waals surface area contributed by atoms with Crippen LogP contribution in [0, 0.1) is 24.7 Å². The van der Waals surface area contributed by atoms with Gasteiger partial charge in [0.15, 0.2) is 5.78 Å². The van der Waals surface area contributed by atoms with Crippen molar-refractivity contribution < 1.29 is 14.3 Å². The van der Waals surface area contributed by atoms with Gasteiger partial charge >= 0.3 is 6.09 Å². The van der Waals surface area contributed by atoms with Crippen molar-refractivity contribution in [3.63, 3.8) is 0 Å². The van der Waals surface area contributed by atoms with Gasteiger partial charge in [-0.2, -0.15) is 0 Å². The number of likely N-dealkylation sites (tertiary alicyclic amines) is 1. The summed E-state index contributed by atoms with van der Waals surface area (Å²) in [5.41, 5.74) is 3.97. The summed E-state index contributed by atoms with van der Waals surface area (Å²) in [6, 6.07) is 25.2. The highest BCUT2D eigenvalue weighted by molar-refractivity contribution is 6.13. The lowest BCUT2D eigenvalue weighted by Crippen LogP contribution is -2.43. The van der Waals surface area contributed by atoms with E-state index in [1.165, 1.54) is 18.4 Å². The van der Waals surface area contributed by atoms with Gasteiger partial charge in [0.2, 0.25) is 0 Å². The first-order chi connectivity index (χ1) is 17.1. The number of amides is 1. The van der Waals surface area contributed by atoms with E-state index >= 15 is 0 Å². The molecule has 0 spiro atoms. The van der Waals surface area contributed by atoms with E-state index in [1.54, 1.807) is 18.2 Å². The Hall–Kier alpha value is -3.44. The number of aryl methyl sites for hydroxylation is 1. The molecular weight excluding hydrogens is 436 g/mol. The number of ether oxygens (including phenoxy) is 1. The maximum Gasteiger partial charge on any atom is 0.411 e. The van der Waals surface area contributed by atoms with E-state index in [0.29, 0.717) is 41.2 Å². The fourth-order valence-corrected chi connectivity index (χ4v) is 5.64. The van der Waals surface area contributed by atoms with E-state index < -0.39 is 6.09 Å². The molecule has 180 valence electrons. The number of piperidine rings is 1. The summed E-state index contributed by atoms with van der Waals surface area (Å²) in [5, 5.41) is 2.81. The van der Waals surface area contributed by atoms with Crippen LogP contribution in [0.2, 0.25) is 0 Å². The van der Waals surface area contributed by atoms with Gasteiger partial charge in [0.25, 0.3) is 0 Å². The second kappa shape index (κ2) is 10.4. The third-order valence-electron chi connectivity index (χ3n) is 7.48. The highest BCUT2D eigenvalue weighted by Gasteiger charge is 2.42. The monoisotopic (exact) mass is 468 g/mol. The third kappa shape index (κ3) is 5.46. The van der Waals surface area contributed by atoms with Crippen LogP contribution in [-0.4, -0.2) is 36.5 Å². The number of ketones is 1. The molecule has 1 heterocycles. The Labute approximate surface area is 207 Å². The van der Waals surface area contributed by atoms with E-state index in [2.05, 4.69) is 40.5 Å². The largest absolute Gasteiger partial charge is 0.449 e. The second-order valence-electron chi connectivity index (χ2n) is 9.91. The van der Waals surface area contributed by atoms with Crippen molar-refractivity contribution in [1.29, 1.82) is 0 Å². The van der Waals surface area contributed by atoms with E-state index in [0.717, 1.165) is 25.2 Å². The molecule has 1 amide bonds. The molecule has 5 heteroatoms. The normalized spacial score (nSPS) is 21.5. The van der Waals surface area contributed by atoms with Gasteiger partial charge in [-0.15, -0.1) is 0 Å². The molecule has 2 fully saturated rings. The molecule has 1 aliphatic heterocycles. The topological polar surface area (TPSA) is 58.6 Å². The lowest BCUT2D eigenvalue weighted by Gasteiger charge is -2.37. The fraction of sp³-hybridized carbons (Fsp3) is 0.333. The number of para-hydroxylation sites is 1. The summed E-state index contributed by atoms with van der Waals surface area (Å²) in [7, 11) is 0. The molecule has 0 aromatic heterocycles. The second-order valence-corrected chi connectivity index (χ2v) is 9.91. The van der Waals surface area contributed by atoms with E-state index in [1.807, 2.05) is 37.3 Å². The molecule has 2 unspecified atom stereocenters. The van der Waals surface area contributed by atoms with Crippen LogP contribution in [0.15, 0.2) is 78.9 Å². The highest BCUT2D eigenvalue weighted by Crippen LogP contribution is 2.42. The number of rotatable bonds is 7. The summed E-state index contributed by atoms with van der Waals surface area (Å²) in [5.74, 6) is 1.39. The molecule has 1 saturated heterocycles. The van der Waals surface area contributed by atoms with Gasteiger partial charge in [-0.1, -0.05) is 72.3 Å². The molecule has 2 atom stereocenters. The number of hydrogen-bond acceptors (Lipinski definition) is 4. The van der Waals surface area contributed by atoms with Gasteiger partial charge in [-0.05, 0) is 49.3 Å². The first kappa shape index (κ1) is 23.3. The highest BCUT2D eigenvalue weighted by atomic mass is 16.5. The molecule has 1 saturated carbocycles. The van der Waals surface area contributed by atoms with Crippen molar-refractivity contribution in [2.75, 3.05) is 25.0 Å². The summed E-state index contributed by atoms with van der Waals surface area (Å²) < 4.78 is 5.70. The predicted molar refractivity (Wildman–Crippen MR) is 137 cm³/mol. The lowest BCUT2D eigenvalue weighted by molar-refractivity contribution is 0.0528. The summed E-state index contributed by atoms with van der Waals surface area (Å²) in [6.45, 7) is 5.49. The molecule has 3 aromatic carbocycles. The SMILES string of the molecule is Cc1ccc(C(=O)c2ccccc2NC(=O)OCC2C3CCC2CN(Cc2ccccc2)C3)cc1. The quantitative estimate of drug-likeness (QED) is 0.437. The van der Waals surface area contributed by atoms with Crippen LogP contribution in [0.25, 0.3) is 0 Å². The number of fused-ring (bicyclic) bond motifs is 2. The number of carbonyl (C=O) groups excluding carboxylic acids is 2. The molecule has 1 N–H and O–H groups in total. The van der Waals surface area contributed by atoms with Crippen molar-refractivity contribution >= 4 is 17.6 Å². The van der Waals surface area contributed by atoms with Gasteiger partial charge < -0.3 is 4.74 Å². The molecule has 5 nitrogen and oxygen atoms in total. The van der Waals surface area contributed by atoms with E-state index in [-0.39, 0.29) is 5.78 Å². The Morgan fingerprint density at radius 2 is 1.54 bits per heavy atom. The Kier molecular flexibility index (Phi) is 6.96. The van der Waals surface area contributed by atoms with Gasteiger partial charge in [-0.25, -0.2) is 4.79 Å². The molecule has 1 aliphatic carbocycles. The first-order valence-corrected chi connectivity index (χ1v) is 12.5. The molecular formula is C30H32N2O3. The Balaban J connectivity index is 1.17. The maximum absolute atomic E-state index is 13.0. The summed E-state index contributed by atoms with van der Waals surface area (Å²) in [6.07, 6.45) is 1.89. The number of nitrogens with zero attached hydrogens (tertiary/aromatic N) is 1. The van der Waals surface area contributed by atoms with E-state index in [4.69, 9.17) is 4.74 Å². The number of anilines is 1. The number of hydrogen-bond donors (Lipinski definition) is 1. The Morgan fingerprint density at radius 3 is 2.26 bits per heavy atom. The van der Waals surface area contributed by atoms with Crippen LogP contribution in [0.5, 0.6) is 0 Å². The predicted octanol–water partition coefficient (Wildman–Crippen LogP) is 5.93. The molecule has 3 aromatic rings. The molecule has 35 heavy (non-hydrogen) atoms. The zero-order valence-electron chi connectivity index (χ0n) is 20.2. The number of benzene rings is 3. The van der Waals surface area contributed by atoms with Gasteiger partial charge in [0, 0.05) is 36.7 Å². The summed E-state index contributed by atoms with van der Waals surface area (Å²) in [4.78, 5) is 28.3. The molecule has 0 radical (unpaired) electrons. The van der Waals surface area contributed by atoms with Crippen LogP contribution in [0.1, 0.15) is 39.9 Å². The average molecular weight is 469 g/mol. The van der Waals surface area contributed by atoms with Crippen LogP contribution in [-0.2, 0) is 11.3 Å². The van der Waals surface area contributed by atoms with Crippen molar-refractivity contribution in [1.82, 2.24) is 4.90 Å². The van der Waals surface area contributed by atoms with E-state index in [9.17, 15) is 9.59 Å². The third-order valence-corrected chi connectivity index (χ3v) is 7.48. The summed E-state index contributed by atoms with van der Waals surface area (Å²) >= 11 is 0. The maximum atomic E-state index is 13.0. The zero-order valence-corrected chi connectivity index (χ0v) is 20.2. The van der Waals surface area contributed by atoms with Crippen LogP contribution in [0.4, 0.5) is 10.5 Å². The Bertz CT molecular complexity index is 1160. The van der Waals surface area contributed by atoms with Gasteiger partial charge in [0.05, 0.1) is 12.3 Å². The molecule has 5 rings (SSSR count). The van der Waals surface area contributed by atoms with Crippen molar-refractivity contribution in [2.24, 2.45) is 17.8 Å².